The molecule has 0 fully saturated rings. The maximum absolute atomic E-state index is 3.08. The van der Waals surface area contributed by atoms with Gasteiger partial charge in [0.05, 0.1) is 0 Å². The summed E-state index contributed by atoms with van der Waals surface area (Å²) >= 11 is 0. The molecule has 0 bridgehead atoms. The van der Waals surface area contributed by atoms with Crippen LogP contribution < -0.4 is 15.6 Å². The Labute approximate surface area is 370 Å². The second-order valence-electron chi connectivity index (χ2n) is 21.2. The molecule has 0 saturated carbocycles. The highest BCUT2D eigenvalue weighted by Gasteiger charge is 2.50. The Morgan fingerprint density at radius 2 is 0.656 bits per heavy atom. The highest BCUT2D eigenvalue weighted by molar-refractivity contribution is 7.17. The number of hydrogen-bond donors (Lipinski definition) is 0. The van der Waals surface area contributed by atoms with E-state index in [-0.39, 0.29) is 16.2 Å². The van der Waals surface area contributed by atoms with Gasteiger partial charge in [0, 0.05) is 0 Å². The van der Waals surface area contributed by atoms with Crippen LogP contribution in [0.2, 0.25) is 0 Å². The minimum Gasteiger partial charge on any atom is -0.0636 e. The molecule has 0 heterocycles. The lowest BCUT2D eigenvalue weighted by atomic mass is 9.86. The first-order valence-electron chi connectivity index (χ1n) is 22.7. The molecular weight excluding hydrogens is 749 g/mol. The lowest BCUT2D eigenvalue weighted by molar-refractivity contribution is 0.590. The molecule has 0 aromatic heterocycles. The van der Waals surface area contributed by atoms with Crippen LogP contribution in [-0.2, 0) is 35.5 Å². The van der Waals surface area contributed by atoms with E-state index in [0.717, 1.165) is 19.3 Å². The van der Waals surface area contributed by atoms with Crippen LogP contribution in [0.1, 0.15) is 140 Å². The van der Waals surface area contributed by atoms with Gasteiger partial charge in [0.25, 0.3) is 0 Å². The predicted octanol–water partition coefficient (Wildman–Crippen LogP) is 13.7. The molecule has 0 aliphatic heterocycles. The Kier molecular flexibility index (Phi) is 12.3. The van der Waals surface area contributed by atoms with Crippen molar-refractivity contribution in [3.05, 3.63) is 218 Å². The lowest BCUT2D eigenvalue weighted by Crippen LogP contribution is -2.71. The van der Waals surface area contributed by atoms with E-state index in [1.807, 2.05) is 0 Å². The summed E-state index contributed by atoms with van der Waals surface area (Å²) < 4.78 is 0. The van der Waals surface area contributed by atoms with E-state index in [9.17, 15) is 0 Å². The molecule has 61 heavy (non-hydrogen) atoms. The van der Waals surface area contributed by atoms with E-state index in [1.165, 1.54) is 82.4 Å². The Bertz CT molecular complexity index is 2310. The fourth-order valence-corrected chi connectivity index (χ4v) is 16.3. The van der Waals surface area contributed by atoms with E-state index in [2.05, 4.69) is 236 Å². The lowest BCUT2D eigenvalue weighted by Gasteiger charge is -2.42. The highest BCUT2D eigenvalue weighted by atomic mass is 28.3. The van der Waals surface area contributed by atoms with Crippen molar-refractivity contribution in [2.45, 2.75) is 126 Å². The van der Waals surface area contributed by atoms with Gasteiger partial charge in [-0.3, -0.25) is 0 Å². The molecule has 0 nitrogen and oxygen atoms in total. The van der Waals surface area contributed by atoms with Gasteiger partial charge in [0.1, 0.15) is 0 Å². The van der Waals surface area contributed by atoms with Gasteiger partial charge in [-0.25, -0.2) is 0 Å². The first-order chi connectivity index (χ1) is 28.8. The van der Waals surface area contributed by atoms with Crippen LogP contribution in [0.4, 0.5) is 0 Å². The second kappa shape index (κ2) is 17.1. The Hall–Kier alpha value is -4.98. The highest BCUT2D eigenvalue weighted by Crippen LogP contribution is 2.42. The third-order valence-electron chi connectivity index (χ3n) is 14.0. The molecule has 7 rings (SSSR count). The summed E-state index contributed by atoms with van der Waals surface area (Å²) in [6, 6.07) is 57.1. The zero-order valence-corrected chi connectivity index (χ0v) is 40.6. The topological polar surface area (TPSA) is 0 Å². The molecule has 314 valence electrons. The van der Waals surface area contributed by atoms with Gasteiger partial charge in [0.15, 0.2) is 8.07 Å². The van der Waals surface area contributed by atoms with Crippen molar-refractivity contribution >= 4 is 23.6 Å². The summed E-state index contributed by atoms with van der Waals surface area (Å²) in [6.45, 7) is 30.5. The molecule has 6 aromatic rings. The zero-order chi connectivity index (χ0) is 43.9. The van der Waals surface area contributed by atoms with E-state index in [4.69, 9.17) is 0 Å². The zero-order valence-electron chi connectivity index (χ0n) is 39.6. The van der Waals surface area contributed by atoms with E-state index in [0.29, 0.717) is 5.92 Å². The standard InChI is InChI=1S/C60H70Si/c1-41-42(2)44(4)57(43(41)3)61(54-23-17-14-20-48(54)38-45-26-32-51(33-27-45)58(5,6)7,55-24-18-15-21-49(55)39-46-28-34-52(35-29-46)59(8,9)10)56-25-19-16-22-50(56)40-47-30-36-53(37-31-47)60(11,12)13/h14-37,43H,38-40H2,1-13H3. The molecule has 1 aliphatic rings. The maximum Gasteiger partial charge on any atom is 0.177 e. The Morgan fingerprint density at radius 1 is 0.377 bits per heavy atom. The number of hydrogen-bond acceptors (Lipinski definition) is 0. The minimum absolute atomic E-state index is 0.109. The molecule has 6 aromatic carbocycles. The summed E-state index contributed by atoms with van der Waals surface area (Å²) in [5, 5.41) is 6.20. The summed E-state index contributed by atoms with van der Waals surface area (Å²) in [6.07, 6.45) is 2.65. The quantitative estimate of drug-likeness (QED) is 0.0954. The van der Waals surface area contributed by atoms with Gasteiger partial charge in [-0.2, -0.15) is 0 Å². The molecule has 0 saturated heterocycles. The van der Waals surface area contributed by atoms with Crippen molar-refractivity contribution in [3.63, 3.8) is 0 Å². The smallest absolute Gasteiger partial charge is 0.0636 e. The van der Waals surface area contributed by atoms with E-state index < -0.39 is 8.07 Å². The van der Waals surface area contributed by atoms with Crippen molar-refractivity contribution in [1.82, 2.24) is 0 Å². The molecule has 0 spiro atoms. The number of allylic oxidation sites excluding steroid dienone is 4. The minimum atomic E-state index is -3.08. The normalized spacial score (nSPS) is 15.2. The van der Waals surface area contributed by atoms with Crippen molar-refractivity contribution in [3.8, 4) is 0 Å². The molecule has 0 amide bonds. The van der Waals surface area contributed by atoms with Crippen LogP contribution in [0, 0.1) is 5.92 Å². The van der Waals surface area contributed by atoms with Crippen molar-refractivity contribution in [2.75, 3.05) is 0 Å². The van der Waals surface area contributed by atoms with Crippen molar-refractivity contribution in [1.29, 1.82) is 0 Å². The van der Waals surface area contributed by atoms with Crippen LogP contribution in [0.15, 0.2) is 168 Å². The van der Waals surface area contributed by atoms with Crippen LogP contribution in [0.3, 0.4) is 0 Å². The number of rotatable bonds is 10. The average Bonchev–Trinajstić information content (AvgIpc) is 3.41. The van der Waals surface area contributed by atoms with Gasteiger partial charge in [-0.05, 0) is 133 Å². The van der Waals surface area contributed by atoms with E-state index in [1.54, 1.807) is 5.20 Å². The molecule has 1 aliphatic carbocycles. The summed E-state index contributed by atoms with van der Waals surface area (Å²) in [5.41, 5.74) is 17.3. The SMILES string of the molecule is CC1=C(C)C(C)C([Si](c2ccccc2Cc2ccc(C(C)(C)C)cc2)(c2ccccc2Cc2ccc(C(C)(C)C)cc2)c2ccccc2Cc2ccc(C(C)(C)C)cc2)=C1C. The molecule has 1 atom stereocenters. The van der Waals surface area contributed by atoms with Gasteiger partial charge in [0.2, 0.25) is 0 Å². The molecule has 1 heteroatoms. The van der Waals surface area contributed by atoms with Crippen molar-refractivity contribution < 1.29 is 0 Å². The second-order valence-corrected chi connectivity index (χ2v) is 24.8. The predicted molar refractivity (Wildman–Crippen MR) is 268 cm³/mol. The fraction of sp³-hybridized carbons (Fsp3) is 0.333. The van der Waals surface area contributed by atoms with Gasteiger partial charge < -0.3 is 0 Å². The third-order valence-corrected chi connectivity index (χ3v) is 19.5. The van der Waals surface area contributed by atoms with Crippen LogP contribution >= 0.6 is 0 Å². The first kappa shape index (κ1) is 44.1. The molecule has 1 unspecified atom stereocenters. The summed E-state index contributed by atoms with van der Waals surface area (Å²) in [5.74, 6) is 0.309. The van der Waals surface area contributed by atoms with Crippen LogP contribution in [0.5, 0.6) is 0 Å². The Morgan fingerprint density at radius 3 is 0.902 bits per heavy atom. The third kappa shape index (κ3) is 8.87. The molecule has 0 radical (unpaired) electrons. The average molecular weight is 819 g/mol. The van der Waals surface area contributed by atoms with E-state index >= 15 is 0 Å². The van der Waals surface area contributed by atoms with Crippen LogP contribution in [-0.4, -0.2) is 8.07 Å². The van der Waals surface area contributed by atoms with Gasteiger partial charge in [-0.15, -0.1) is 0 Å². The van der Waals surface area contributed by atoms with Crippen molar-refractivity contribution in [2.24, 2.45) is 5.92 Å². The monoisotopic (exact) mass is 819 g/mol. The summed E-state index contributed by atoms with van der Waals surface area (Å²) in [4.78, 5) is 0. The summed E-state index contributed by atoms with van der Waals surface area (Å²) in [7, 11) is -3.08. The number of benzene rings is 6. The molecular formula is C60H70Si. The van der Waals surface area contributed by atoms with Crippen LogP contribution in [0.25, 0.3) is 0 Å². The fourth-order valence-electron chi connectivity index (χ4n) is 9.99. The first-order valence-corrected chi connectivity index (χ1v) is 24.7. The van der Waals surface area contributed by atoms with Gasteiger partial charge in [-0.1, -0.05) is 231 Å². The Balaban J connectivity index is 1.54. The molecule has 0 N–H and O–H groups in total. The largest absolute Gasteiger partial charge is 0.177 e. The maximum atomic E-state index is 2.53. The van der Waals surface area contributed by atoms with Gasteiger partial charge >= 0.3 is 0 Å².